The smallest absolute Gasteiger partial charge is 0.124 e. The number of hydrogen-bond donors (Lipinski definition) is 1. The lowest BCUT2D eigenvalue weighted by molar-refractivity contribution is 1.08. The molecule has 2 heterocycles. The minimum absolute atomic E-state index is 0.400. The van der Waals surface area contributed by atoms with Crippen LogP contribution in [0, 0.1) is 0 Å². The maximum atomic E-state index is 6.41. The van der Waals surface area contributed by atoms with E-state index in [2.05, 4.69) is 9.97 Å². The Balaban J connectivity index is 1.93. The van der Waals surface area contributed by atoms with Gasteiger partial charge in [0.2, 0.25) is 0 Å². The van der Waals surface area contributed by atoms with Crippen molar-refractivity contribution < 1.29 is 0 Å². The summed E-state index contributed by atoms with van der Waals surface area (Å²) >= 11 is 19.1. The molecule has 4 rings (SSSR count). The van der Waals surface area contributed by atoms with Crippen LogP contribution >= 0.6 is 34.8 Å². The molecule has 0 unspecified atom stereocenters. The minimum Gasteiger partial charge on any atom is -0.384 e. The number of nitrogen functional groups attached to an aromatic ring is 1. The summed E-state index contributed by atoms with van der Waals surface area (Å²) in [6.45, 7) is 0. The summed E-state index contributed by atoms with van der Waals surface area (Å²) in [4.78, 5) is 9.05. The van der Waals surface area contributed by atoms with Crippen LogP contribution in [0.3, 0.4) is 0 Å². The van der Waals surface area contributed by atoms with Crippen LogP contribution in [-0.2, 0) is 6.42 Å². The largest absolute Gasteiger partial charge is 0.384 e. The van der Waals surface area contributed by atoms with Gasteiger partial charge in [-0.1, -0.05) is 59.1 Å². The third kappa shape index (κ3) is 3.46. The summed E-state index contributed by atoms with van der Waals surface area (Å²) in [6.07, 6.45) is 2.20. The maximum absolute atomic E-state index is 6.41. The number of halogens is 3. The van der Waals surface area contributed by atoms with Gasteiger partial charge in [-0.3, -0.25) is 4.98 Å². The Labute approximate surface area is 171 Å². The molecule has 0 aliphatic rings. The van der Waals surface area contributed by atoms with Crippen molar-refractivity contribution in [2.24, 2.45) is 0 Å². The van der Waals surface area contributed by atoms with Gasteiger partial charge in [0.05, 0.1) is 11.2 Å². The molecular weight excluding hydrogens is 401 g/mol. The molecule has 0 fully saturated rings. The zero-order chi connectivity index (χ0) is 19.0. The molecule has 4 aromatic rings. The number of nitrogens with two attached hydrogens (primary N) is 1. The van der Waals surface area contributed by atoms with Crippen LogP contribution in [0.1, 0.15) is 11.3 Å². The van der Waals surface area contributed by atoms with Crippen molar-refractivity contribution in [2.75, 3.05) is 5.73 Å². The van der Waals surface area contributed by atoms with E-state index in [1.54, 1.807) is 6.20 Å². The number of nitrogens with zero attached hydrogens (tertiary/aromatic N) is 2. The Kier molecular flexibility index (Phi) is 4.92. The molecule has 0 radical (unpaired) electrons. The molecule has 0 saturated heterocycles. The van der Waals surface area contributed by atoms with Crippen LogP contribution in [0.2, 0.25) is 15.1 Å². The molecular formula is C21H14Cl3N3. The second-order valence-electron chi connectivity index (χ2n) is 6.11. The zero-order valence-corrected chi connectivity index (χ0v) is 16.4. The van der Waals surface area contributed by atoms with E-state index >= 15 is 0 Å². The minimum atomic E-state index is 0.400. The molecule has 134 valence electrons. The monoisotopic (exact) mass is 413 g/mol. The molecule has 0 saturated carbocycles. The van der Waals surface area contributed by atoms with Crippen LogP contribution in [-0.4, -0.2) is 9.97 Å². The van der Waals surface area contributed by atoms with Crippen LogP contribution in [0.25, 0.3) is 22.0 Å². The topological polar surface area (TPSA) is 51.8 Å². The average molecular weight is 415 g/mol. The predicted octanol–water partition coefficient (Wildman–Crippen LogP) is 6.43. The van der Waals surface area contributed by atoms with E-state index in [-0.39, 0.29) is 0 Å². The highest BCUT2D eigenvalue weighted by Gasteiger charge is 2.15. The van der Waals surface area contributed by atoms with Gasteiger partial charge in [0.15, 0.2) is 0 Å². The summed E-state index contributed by atoms with van der Waals surface area (Å²) in [5.41, 5.74) is 10.2. The van der Waals surface area contributed by atoms with Crippen molar-refractivity contribution >= 4 is 51.5 Å². The molecule has 2 aromatic heterocycles. The normalized spacial score (nSPS) is 11.1. The fourth-order valence-corrected chi connectivity index (χ4v) is 3.90. The van der Waals surface area contributed by atoms with Gasteiger partial charge in [0.1, 0.15) is 5.82 Å². The summed E-state index contributed by atoms with van der Waals surface area (Å²) < 4.78 is 0. The maximum Gasteiger partial charge on any atom is 0.124 e. The number of anilines is 1. The van der Waals surface area contributed by atoms with Crippen molar-refractivity contribution in [3.8, 4) is 11.1 Å². The number of rotatable bonds is 3. The van der Waals surface area contributed by atoms with Crippen LogP contribution in [0.5, 0.6) is 0 Å². The molecule has 6 heteroatoms. The van der Waals surface area contributed by atoms with E-state index in [0.717, 1.165) is 27.8 Å². The van der Waals surface area contributed by atoms with E-state index in [1.807, 2.05) is 54.6 Å². The van der Waals surface area contributed by atoms with E-state index < -0.39 is 0 Å². The second-order valence-corrected chi connectivity index (χ2v) is 7.33. The van der Waals surface area contributed by atoms with Gasteiger partial charge in [-0.25, -0.2) is 4.98 Å². The van der Waals surface area contributed by atoms with Crippen LogP contribution in [0.4, 0.5) is 5.82 Å². The third-order valence-electron chi connectivity index (χ3n) is 4.39. The Hall–Kier alpha value is -2.33. The predicted molar refractivity (Wildman–Crippen MR) is 114 cm³/mol. The molecule has 2 N–H and O–H groups in total. The zero-order valence-electron chi connectivity index (χ0n) is 14.1. The summed E-state index contributed by atoms with van der Waals surface area (Å²) in [5, 5.41) is 2.76. The third-order valence-corrected chi connectivity index (χ3v) is 5.43. The van der Waals surface area contributed by atoms with Crippen molar-refractivity contribution in [1.29, 1.82) is 0 Å². The first kappa shape index (κ1) is 18.1. The van der Waals surface area contributed by atoms with Crippen LogP contribution in [0.15, 0.2) is 60.8 Å². The van der Waals surface area contributed by atoms with E-state index in [1.165, 1.54) is 0 Å². The number of aromatic nitrogens is 2. The van der Waals surface area contributed by atoms with E-state index in [9.17, 15) is 0 Å². The number of pyridine rings is 2. The van der Waals surface area contributed by atoms with Crippen molar-refractivity contribution in [3.63, 3.8) is 0 Å². The molecule has 0 atom stereocenters. The second kappa shape index (κ2) is 7.35. The molecule has 0 aliphatic heterocycles. The number of fused-ring (bicyclic) bond motifs is 1. The molecule has 0 spiro atoms. The van der Waals surface area contributed by atoms with Crippen molar-refractivity contribution in [3.05, 3.63) is 87.1 Å². The Morgan fingerprint density at radius 1 is 0.815 bits per heavy atom. The number of benzene rings is 2. The summed E-state index contributed by atoms with van der Waals surface area (Å²) in [6, 6.07) is 16.8. The summed E-state index contributed by atoms with van der Waals surface area (Å²) in [7, 11) is 0. The highest BCUT2D eigenvalue weighted by molar-refractivity contribution is 6.36. The van der Waals surface area contributed by atoms with E-state index in [4.69, 9.17) is 40.5 Å². The van der Waals surface area contributed by atoms with E-state index in [0.29, 0.717) is 32.8 Å². The highest BCUT2D eigenvalue weighted by atomic mass is 35.5. The first-order valence-corrected chi connectivity index (χ1v) is 9.40. The molecule has 2 aromatic carbocycles. The standard InChI is InChI=1S/C21H14Cl3N3/c22-16-5-2-1-4-12(16)14-11-20(25)27-21-13(14)8-9-26-19(21)10-15-17(23)6-3-7-18(15)24/h1-9,11H,10H2,(H2,25,27). The first-order chi connectivity index (χ1) is 13.0. The van der Waals surface area contributed by atoms with Gasteiger partial charge < -0.3 is 5.73 Å². The van der Waals surface area contributed by atoms with Crippen LogP contribution < -0.4 is 5.73 Å². The molecule has 27 heavy (non-hydrogen) atoms. The van der Waals surface area contributed by atoms with Crippen molar-refractivity contribution in [1.82, 2.24) is 9.97 Å². The Bertz CT molecular complexity index is 1140. The van der Waals surface area contributed by atoms with Gasteiger partial charge in [-0.2, -0.15) is 0 Å². The van der Waals surface area contributed by atoms with Gasteiger partial charge in [-0.05, 0) is 41.5 Å². The van der Waals surface area contributed by atoms with Gasteiger partial charge in [0, 0.05) is 38.6 Å². The van der Waals surface area contributed by atoms with Gasteiger partial charge in [-0.15, -0.1) is 0 Å². The lowest BCUT2D eigenvalue weighted by Gasteiger charge is -2.13. The molecule has 3 nitrogen and oxygen atoms in total. The fraction of sp³-hybridized carbons (Fsp3) is 0.0476. The molecule has 0 bridgehead atoms. The number of hydrogen-bond acceptors (Lipinski definition) is 3. The average Bonchev–Trinajstić information content (AvgIpc) is 2.65. The lowest BCUT2D eigenvalue weighted by Crippen LogP contribution is -2.00. The molecule has 0 aliphatic carbocycles. The Morgan fingerprint density at radius 2 is 1.52 bits per heavy atom. The molecule has 0 amide bonds. The quantitative estimate of drug-likeness (QED) is 0.420. The Morgan fingerprint density at radius 3 is 2.26 bits per heavy atom. The SMILES string of the molecule is Nc1cc(-c2ccccc2Cl)c2ccnc(Cc3c(Cl)cccc3Cl)c2n1. The first-order valence-electron chi connectivity index (χ1n) is 8.26. The highest BCUT2D eigenvalue weighted by Crippen LogP contribution is 2.35. The summed E-state index contributed by atoms with van der Waals surface area (Å²) in [5.74, 6) is 0.400. The van der Waals surface area contributed by atoms with Gasteiger partial charge >= 0.3 is 0 Å². The van der Waals surface area contributed by atoms with Gasteiger partial charge in [0.25, 0.3) is 0 Å². The van der Waals surface area contributed by atoms with Crippen molar-refractivity contribution in [2.45, 2.75) is 6.42 Å². The lowest BCUT2D eigenvalue weighted by atomic mass is 9.99. The fourth-order valence-electron chi connectivity index (χ4n) is 3.13.